The van der Waals surface area contributed by atoms with E-state index in [0.717, 1.165) is 5.56 Å². The molecule has 0 aromatic heterocycles. The first kappa shape index (κ1) is 15.3. The molecule has 2 unspecified atom stereocenters. The van der Waals surface area contributed by atoms with Crippen LogP contribution in [-0.2, 0) is 9.53 Å². The topological polar surface area (TPSA) is 70.8 Å². The van der Waals surface area contributed by atoms with E-state index in [1.54, 1.807) is 20.3 Å². The maximum absolute atomic E-state index is 11.4. The van der Waals surface area contributed by atoms with Crippen molar-refractivity contribution in [2.45, 2.75) is 25.3 Å². The number of carbonyl (C=O) groups is 1. The summed E-state index contributed by atoms with van der Waals surface area (Å²) in [7, 11) is 4.52. The Morgan fingerprint density at radius 2 is 1.84 bits per heavy atom. The van der Waals surface area contributed by atoms with E-state index in [1.165, 1.54) is 7.11 Å². The summed E-state index contributed by atoms with van der Waals surface area (Å²) in [4.78, 5) is 11.4. The third kappa shape index (κ3) is 3.86. The first-order valence-electron chi connectivity index (χ1n) is 6.07. The van der Waals surface area contributed by atoms with Gasteiger partial charge >= 0.3 is 5.97 Å². The molecule has 1 rings (SSSR count). The molecule has 0 aliphatic carbocycles. The van der Waals surface area contributed by atoms with Gasteiger partial charge in [0.15, 0.2) is 11.5 Å². The van der Waals surface area contributed by atoms with Crippen LogP contribution in [0.25, 0.3) is 0 Å². The Kier molecular flexibility index (Phi) is 5.63. The fourth-order valence-electron chi connectivity index (χ4n) is 1.95. The van der Waals surface area contributed by atoms with Gasteiger partial charge < -0.3 is 19.9 Å². The molecule has 2 atom stereocenters. The van der Waals surface area contributed by atoms with Gasteiger partial charge in [-0.15, -0.1) is 0 Å². The highest BCUT2D eigenvalue weighted by molar-refractivity contribution is 5.70. The Bertz CT molecular complexity index is 431. The fourth-order valence-corrected chi connectivity index (χ4v) is 1.95. The standard InChI is InChI=1S/C14H21NO4/c1-9(15)11(8-14(16)19-4)10-5-6-12(17-2)13(7-10)18-3/h5-7,9,11H,8,15H2,1-4H3. The number of esters is 1. The molecule has 0 radical (unpaired) electrons. The second-order valence-electron chi connectivity index (χ2n) is 4.36. The maximum Gasteiger partial charge on any atom is 0.306 e. The van der Waals surface area contributed by atoms with Gasteiger partial charge in [0.1, 0.15) is 0 Å². The Morgan fingerprint density at radius 1 is 1.21 bits per heavy atom. The van der Waals surface area contributed by atoms with Crippen molar-refractivity contribution in [3.05, 3.63) is 23.8 Å². The minimum atomic E-state index is -0.280. The van der Waals surface area contributed by atoms with Gasteiger partial charge in [-0.3, -0.25) is 4.79 Å². The lowest BCUT2D eigenvalue weighted by Gasteiger charge is -2.21. The Balaban J connectivity index is 3.05. The molecule has 19 heavy (non-hydrogen) atoms. The zero-order valence-electron chi connectivity index (χ0n) is 11.8. The van der Waals surface area contributed by atoms with Crippen molar-refractivity contribution in [2.75, 3.05) is 21.3 Å². The molecule has 106 valence electrons. The van der Waals surface area contributed by atoms with Crippen molar-refractivity contribution in [3.8, 4) is 11.5 Å². The summed E-state index contributed by atoms with van der Waals surface area (Å²) in [6.07, 6.45) is 0.240. The number of methoxy groups -OCH3 is 3. The molecule has 2 N–H and O–H groups in total. The maximum atomic E-state index is 11.4. The van der Waals surface area contributed by atoms with Gasteiger partial charge in [0.05, 0.1) is 27.8 Å². The molecule has 0 aliphatic heterocycles. The first-order chi connectivity index (χ1) is 9.03. The average Bonchev–Trinajstić information content (AvgIpc) is 2.43. The summed E-state index contributed by atoms with van der Waals surface area (Å²) in [5, 5.41) is 0. The van der Waals surface area contributed by atoms with Crippen LogP contribution in [-0.4, -0.2) is 33.3 Å². The molecular weight excluding hydrogens is 246 g/mol. The molecule has 5 heteroatoms. The molecule has 0 bridgehead atoms. The number of rotatable bonds is 6. The monoisotopic (exact) mass is 267 g/mol. The summed E-state index contributed by atoms with van der Waals surface area (Å²) in [6, 6.07) is 5.37. The van der Waals surface area contributed by atoms with Gasteiger partial charge in [-0.1, -0.05) is 6.07 Å². The van der Waals surface area contributed by atoms with Crippen LogP contribution in [0, 0.1) is 0 Å². The molecule has 0 fully saturated rings. The highest BCUT2D eigenvalue weighted by Crippen LogP contribution is 2.32. The fraction of sp³-hybridized carbons (Fsp3) is 0.500. The average molecular weight is 267 g/mol. The highest BCUT2D eigenvalue weighted by atomic mass is 16.5. The third-order valence-electron chi connectivity index (χ3n) is 3.08. The number of hydrogen-bond donors (Lipinski definition) is 1. The minimum absolute atomic E-state index is 0.118. The molecule has 0 saturated carbocycles. The van der Waals surface area contributed by atoms with E-state index in [2.05, 4.69) is 0 Å². The number of carbonyl (C=O) groups excluding carboxylic acids is 1. The number of nitrogens with two attached hydrogens (primary N) is 1. The van der Waals surface area contributed by atoms with Crippen LogP contribution in [0.1, 0.15) is 24.8 Å². The van der Waals surface area contributed by atoms with Gasteiger partial charge in [-0.2, -0.15) is 0 Å². The SMILES string of the molecule is COC(=O)CC(c1ccc(OC)c(OC)c1)C(C)N. The van der Waals surface area contributed by atoms with Crippen molar-refractivity contribution < 1.29 is 19.0 Å². The summed E-state index contributed by atoms with van der Waals surface area (Å²) in [6.45, 7) is 1.87. The van der Waals surface area contributed by atoms with Gasteiger partial charge in [-0.05, 0) is 24.6 Å². The van der Waals surface area contributed by atoms with E-state index in [0.29, 0.717) is 11.5 Å². The van der Waals surface area contributed by atoms with Crippen LogP contribution >= 0.6 is 0 Å². The van der Waals surface area contributed by atoms with Crippen molar-refractivity contribution in [1.82, 2.24) is 0 Å². The molecular formula is C14H21NO4. The number of hydrogen-bond acceptors (Lipinski definition) is 5. The third-order valence-corrected chi connectivity index (χ3v) is 3.08. The van der Waals surface area contributed by atoms with E-state index in [9.17, 15) is 4.79 Å². The zero-order valence-corrected chi connectivity index (χ0v) is 11.8. The summed E-state index contributed by atoms with van der Waals surface area (Å²) < 4.78 is 15.1. The van der Waals surface area contributed by atoms with Crippen LogP contribution < -0.4 is 15.2 Å². The minimum Gasteiger partial charge on any atom is -0.493 e. The Labute approximate surface area is 113 Å². The predicted molar refractivity (Wildman–Crippen MR) is 72.6 cm³/mol. The lowest BCUT2D eigenvalue weighted by Crippen LogP contribution is -2.27. The summed E-state index contributed by atoms with van der Waals surface area (Å²) >= 11 is 0. The zero-order chi connectivity index (χ0) is 14.4. The molecule has 1 aromatic rings. The van der Waals surface area contributed by atoms with Gasteiger partial charge in [0.25, 0.3) is 0 Å². The smallest absolute Gasteiger partial charge is 0.306 e. The van der Waals surface area contributed by atoms with Gasteiger partial charge in [0, 0.05) is 12.0 Å². The normalized spacial score (nSPS) is 13.5. The van der Waals surface area contributed by atoms with Crippen molar-refractivity contribution in [3.63, 3.8) is 0 Å². The summed E-state index contributed by atoms with van der Waals surface area (Å²) in [5.41, 5.74) is 6.88. The molecule has 0 aliphatic rings. The molecule has 1 aromatic carbocycles. The van der Waals surface area contributed by atoms with Crippen LogP contribution in [0.5, 0.6) is 11.5 Å². The van der Waals surface area contributed by atoms with Crippen LogP contribution in [0.3, 0.4) is 0 Å². The molecule has 0 heterocycles. The van der Waals surface area contributed by atoms with Gasteiger partial charge in [-0.25, -0.2) is 0 Å². The van der Waals surface area contributed by atoms with E-state index in [4.69, 9.17) is 19.9 Å². The van der Waals surface area contributed by atoms with Crippen molar-refractivity contribution >= 4 is 5.97 Å². The summed E-state index contributed by atoms with van der Waals surface area (Å²) in [5.74, 6) is 0.868. The van der Waals surface area contributed by atoms with Crippen molar-refractivity contribution in [2.24, 2.45) is 5.73 Å². The van der Waals surface area contributed by atoms with Crippen molar-refractivity contribution in [1.29, 1.82) is 0 Å². The van der Waals surface area contributed by atoms with E-state index in [1.807, 2.05) is 19.1 Å². The van der Waals surface area contributed by atoms with E-state index in [-0.39, 0.29) is 24.3 Å². The lowest BCUT2D eigenvalue weighted by atomic mass is 9.89. The molecule has 0 amide bonds. The van der Waals surface area contributed by atoms with E-state index < -0.39 is 0 Å². The second-order valence-corrected chi connectivity index (χ2v) is 4.36. The first-order valence-corrected chi connectivity index (χ1v) is 6.07. The molecule has 0 spiro atoms. The second kappa shape index (κ2) is 6.99. The van der Waals surface area contributed by atoms with Crippen LogP contribution in [0.15, 0.2) is 18.2 Å². The van der Waals surface area contributed by atoms with Gasteiger partial charge in [0.2, 0.25) is 0 Å². The van der Waals surface area contributed by atoms with E-state index >= 15 is 0 Å². The largest absolute Gasteiger partial charge is 0.493 e. The number of benzene rings is 1. The molecule has 0 saturated heterocycles. The van der Waals surface area contributed by atoms with Crippen LogP contribution in [0.4, 0.5) is 0 Å². The Morgan fingerprint density at radius 3 is 2.32 bits per heavy atom. The molecule has 5 nitrogen and oxygen atoms in total. The van der Waals surface area contributed by atoms with Crippen LogP contribution in [0.2, 0.25) is 0 Å². The highest BCUT2D eigenvalue weighted by Gasteiger charge is 2.21. The quantitative estimate of drug-likeness (QED) is 0.794. The lowest BCUT2D eigenvalue weighted by molar-refractivity contribution is -0.141. The Hall–Kier alpha value is -1.75. The predicted octanol–water partition coefficient (Wildman–Crippen LogP) is 1.70. The number of ether oxygens (including phenoxy) is 3.